The second-order valence-electron chi connectivity index (χ2n) is 2.62. The molecule has 0 fully saturated rings. The highest BCUT2D eigenvalue weighted by molar-refractivity contribution is 5.74. The van der Waals surface area contributed by atoms with Crippen molar-refractivity contribution in [2.24, 2.45) is 5.84 Å². The summed E-state index contributed by atoms with van der Waals surface area (Å²) >= 11 is 0. The Morgan fingerprint density at radius 2 is 2.21 bits per heavy atom. The number of aliphatic hydroxyl groups excluding tert-OH is 1. The fourth-order valence-corrected chi connectivity index (χ4v) is 0.972. The van der Waals surface area contributed by atoms with Crippen molar-refractivity contribution < 1.29 is 19.4 Å². The second-order valence-corrected chi connectivity index (χ2v) is 2.62. The molecule has 0 saturated carbocycles. The van der Waals surface area contributed by atoms with E-state index in [1.165, 1.54) is 6.07 Å². The molecule has 1 aromatic rings. The summed E-state index contributed by atoms with van der Waals surface area (Å²) in [5.74, 6) is 2.68. The number of hydrazine groups is 1. The summed E-state index contributed by atoms with van der Waals surface area (Å²) in [6, 6.07) is 3.52. The lowest BCUT2D eigenvalue weighted by Crippen LogP contribution is -2.13. The molecule has 0 radical (unpaired) electrons. The van der Waals surface area contributed by atoms with Crippen molar-refractivity contribution in [3.63, 3.8) is 0 Å². The van der Waals surface area contributed by atoms with Crippen molar-refractivity contribution >= 4 is 11.7 Å². The number of carboxylic acids is 1. The van der Waals surface area contributed by atoms with Crippen molar-refractivity contribution in [3.8, 4) is 0 Å². The number of benzene rings is 1. The van der Waals surface area contributed by atoms with Crippen molar-refractivity contribution in [1.29, 1.82) is 0 Å². The van der Waals surface area contributed by atoms with E-state index < -0.39 is 17.9 Å². The van der Waals surface area contributed by atoms with Crippen LogP contribution in [0.1, 0.15) is 11.7 Å². The number of nitrogens with one attached hydrogen (secondary N) is 1. The molecular weight excluding hydrogens is 191 g/mol. The number of aliphatic hydroxyl groups is 1. The Morgan fingerprint density at radius 1 is 1.57 bits per heavy atom. The fourth-order valence-electron chi connectivity index (χ4n) is 0.972. The molecule has 0 heterocycles. The maximum Gasteiger partial charge on any atom is 0.337 e. The number of nitrogens with two attached hydrogens (primary N) is 1. The van der Waals surface area contributed by atoms with E-state index in [0.717, 1.165) is 12.1 Å². The van der Waals surface area contributed by atoms with Gasteiger partial charge >= 0.3 is 5.97 Å². The zero-order valence-electron chi connectivity index (χ0n) is 7.07. The maximum absolute atomic E-state index is 13.1. The van der Waals surface area contributed by atoms with Crippen molar-refractivity contribution in [2.75, 3.05) is 5.43 Å². The predicted octanol–water partition coefficient (Wildman–Crippen LogP) is 0.229. The zero-order chi connectivity index (χ0) is 10.7. The molecule has 5 nitrogen and oxygen atoms in total. The molecule has 0 aliphatic rings. The van der Waals surface area contributed by atoms with Crippen LogP contribution in [-0.2, 0) is 4.79 Å². The SMILES string of the molecule is NNc1ccc(C(O)C(=O)O)c(F)c1. The number of halogens is 1. The summed E-state index contributed by atoms with van der Waals surface area (Å²) in [6.45, 7) is 0. The van der Waals surface area contributed by atoms with Crippen molar-refractivity contribution in [3.05, 3.63) is 29.6 Å². The summed E-state index contributed by atoms with van der Waals surface area (Å²) in [5.41, 5.74) is 2.19. The number of nitrogen functional groups attached to an aromatic ring is 1. The Hall–Kier alpha value is -1.66. The Balaban J connectivity index is 3.05. The minimum absolute atomic E-state index is 0.295. The summed E-state index contributed by atoms with van der Waals surface area (Å²) in [5, 5.41) is 17.5. The maximum atomic E-state index is 13.1. The number of rotatable bonds is 3. The highest BCUT2D eigenvalue weighted by atomic mass is 19.1. The minimum atomic E-state index is -1.86. The highest BCUT2D eigenvalue weighted by Crippen LogP contribution is 2.20. The molecule has 76 valence electrons. The van der Waals surface area contributed by atoms with Gasteiger partial charge in [0.2, 0.25) is 0 Å². The van der Waals surface area contributed by atoms with Gasteiger partial charge in [-0.3, -0.25) is 5.84 Å². The van der Waals surface area contributed by atoms with Gasteiger partial charge in [0.15, 0.2) is 6.10 Å². The normalized spacial score (nSPS) is 12.2. The molecule has 0 aliphatic heterocycles. The third-order valence-electron chi connectivity index (χ3n) is 1.70. The average molecular weight is 200 g/mol. The van der Waals surface area contributed by atoms with Crippen LogP contribution in [0.5, 0.6) is 0 Å². The van der Waals surface area contributed by atoms with Gasteiger partial charge in [-0.2, -0.15) is 0 Å². The lowest BCUT2D eigenvalue weighted by Gasteiger charge is -2.08. The highest BCUT2D eigenvalue weighted by Gasteiger charge is 2.19. The van der Waals surface area contributed by atoms with Gasteiger partial charge in [0.1, 0.15) is 5.82 Å². The second kappa shape index (κ2) is 4.03. The van der Waals surface area contributed by atoms with Gasteiger partial charge in [-0.15, -0.1) is 0 Å². The molecule has 1 unspecified atom stereocenters. The quantitative estimate of drug-likeness (QED) is 0.413. The molecule has 5 N–H and O–H groups in total. The van der Waals surface area contributed by atoms with E-state index in [9.17, 15) is 9.18 Å². The molecule has 0 spiro atoms. The molecule has 0 bridgehead atoms. The number of carboxylic acid groups (broad SMARTS) is 1. The lowest BCUT2D eigenvalue weighted by molar-refractivity contribution is -0.147. The Bertz CT molecular complexity index is 356. The molecule has 14 heavy (non-hydrogen) atoms. The van der Waals surface area contributed by atoms with Crippen LogP contribution < -0.4 is 11.3 Å². The van der Waals surface area contributed by atoms with Crippen LogP contribution in [0.4, 0.5) is 10.1 Å². The van der Waals surface area contributed by atoms with E-state index in [4.69, 9.17) is 16.1 Å². The first-order chi connectivity index (χ1) is 6.56. The van der Waals surface area contributed by atoms with E-state index in [0.29, 0.717) is 5.69 Å². The van der Waals surface area contributed by atoms with Gasteiger partial charge in [0.25, 0.3) is 0 Å². The minimum Gasteiger partial charge on any atom is -0.479 e. The Kier molecular flexibility index (Phi) is 3.00. The summed E-state index contributed by atoms with van der Waals surface area (Å²) < 4.78 is 13.1. The molecule has 6 heteroatoms. The first-order valence-corrected chi connectivity index (χ1v) is 3.73. The monoisotopic (exact) mass is 200 g/mol. The molecule has 1 atom stereocenters. The van der Waals surface area contributed by atoms with E-state index in [1.807, 2.05) is 0 Å². The molecule has 0 aromatic heterocycles. The topological polar surface area (TPSA) is 95.6 Å². The Labute approximate surface area is 78.9 Å². The van der Waals surface area contributed by atoms with Gasteiger partial charge in [0.05, 0.1) is 5.69 Å². The largest absolute Gasteiger partial charge is 0.479 e. The van der Waals surface area contributed by atoms with Crippen molar-refractivity contribution in [2.45, 2.75) is 6.10 Å². The Morgan fingerprint density at radius 3 is 2.64 bits per heavy atom. The summed E-state index contributed by atoms with van der Waals surface area (Å²) in [6.07, 6.45) is -1.86. The van der Waals surface area contributed by atoms with Gasteiger partial charge in [-0.25, -0.2) is 9.18 Å². The summed E-state index contributed by atoms with van der Waals surface area (Å²) in [7, 11) is 0. The number of hydrogen-bond acceptors (Lipinski definition) is 4. The smallest absolute Gasteiger partial charge is 0.337 e. The first kappa shape index (κ1) is 10.4. The van der Waals surface area contributed by atoms with E-state index in [1.54, 1.807) is 0 Å². The molecule has 0 saturated heterocycles. The lowest BCUT2D eigenvalue weighted by atomic mass is 10.1. The van der Waals surface area contributed by atoms with Crippen LogP contribution in [0.15, 0.2) is 18.2 Å². The van der Waals surface area contributed by atoms with Crippen LogP contribution in [-0.4, -0.2) is 16.2 Å². The first-order valence-electron chi connectivity index (χ1n) is 3.73. The third-order valence-corrected chi connectivity index (χ3v) is 1.70. The standard InChI is InChI=1S/C8H9FN2O3/c9-6-3-4(11-10)1-2-5(6)7(12)8(13)14/h1-3,7,11-12H,10H2,(H,13,14). The number of carbonyl (C=O) groups is 1. The number of aliphatic carboxylic acids is 1. The average Bonchev–Trinajstić information content (AvgIpc) is 2.16. The van der Waals surface area contributed by atoms with Gasteiger partial charge < -0.3 is 15.6 Å². The van der Waals surface area contributed by atoms with Crippen LogP contribution >= 0.6 is 0 Å². The number of anilines is 1. The predicted molar refractivity (Wildman–Crippen MR) is 46.8 cm³/mol. The summed E-state index contributed by atoms with van der Waals surface area (Å²) in [4.78, 5) is 10.3. The third kappa shape index (κ3) is 1.98. The van der Waals surface area contributed by atoms with Gasteiger partial charge in [0, 0.05) is 5.56 Å². The van der Waals surface area contributed by atoms with Crippen LogP contribution in [0.3, 0.4) is 0 Å². The molecule has 1 aromatic carbocycles. The van der Waals surface area contributed by atoms with Crippen LogP contribution in [0, 0.1) is 5.82 Å². The van der Waals surface area contributed by atoms with Gasteiger partial charge in [-0.1, -0.05) is 6.07 Å². The van der Waals surface area contributed by atoms with Crippen LogP contribution in [0.2, 0.25) is 0 Å². The van der Waals surface area contributed by atoms with E-state index in [2.05, 4.69) is 5.43 Å². The van der Waals surface area contributed by atoms with Crippen LogP contribution in [0.25, 0.3) is 0 Å². The van der Waals surface area contributed by atoms with Crippen molar-refractivity contribution in [1.82, 2.24) is 0 Å². The molecule has 0 aliphatic carbocycles. The zero-order valence-corrected chi connectivity index (χ0v) is 7.07. The molecule has 0 amide bonds. The van der Waals surface area contributed by atoms with E-state index >= 15 is 0 Å². The fraction of sp³-hybridized carbons (Fsp3) is 0.125. The van der Waals surface area contributed by atoms with E-state index in [-0.39, 0.29) is 5.56 Å². The molecule has 1 rings (SSSR count). The van der Waals surface area contributed by atoms with Gasteiger partial charge in [-0.05, 0) is 12.1 Å². The number of hydrogen-bond donors (Lipinski definition) is 4. The molecular formula is C8H9FN2O3.